The van der Waals surface area contributed by atoms with Gasteiger partial charge in [-0.3, -0.25) is 0 Å². The van der Waals surface area contributed by atoms with Crippen LogP contribution in [0.5, 0.6) is 0 Å². The van der Waals surface area contributed by atoms with E-state index < -0.39 is 0 Å². The second kappa shape index (κ2) is 6.06. The molecule has 0 spiro atoms. The molecule has 1 fully saturated rings. The van der Waals surface area contributed by atoms with E-state index in [1.54, 1.807) is 18.3 Å². The Kier molecular flexibility index (Phi) is 4.17. The molecule has 20 heavy (non-hydrogen) atoms. The van der Waals surface area contributed by atoms with Gasteiger partial charge in [0.15, 0.2) is 6.33 Å². The number of piperazine rings is 1. The lowest BCUT2D eigenvalue weighted by molar-refractivity contribution is 0.429. The minimum atomic E-state index is 0.167. The van der Waals surface area contributed by atoms with Gasteiger partial charge >= 0.3 is 0 Å². The summed E-state index contributed by atoms with van der Waals surface area (Å²) in [6, 6.07) is 5.57. The summed E-state index contributed by atoms with van der Waals surface area (Å²) < 4.78 is 0. The smallest absolute Gasteiger partial charge is 0.198 e. The van der Waals surface area contributed by atoms with Crippen molar-refractivity contribution in [1.29, 1.82) is 0 Å². The highest BCUT2D eigenvalue weighted by atomic mass is 35.5. The lowest BCUT2D eigenvalue weighted by atomic mass is 10.0. The number of hydrogen-bond donors (Lipinski definition) is 2. The van der Waals surface area contributed by atoms with Crippen LogP contribution in [-0.2, 0) is 0 Å². The Morgan fingerprint density at radius 3 is 2.90 bits per heavy atom. The van der Waals surface area contributed by atoms with Gasteiger partial charge in [-0.05, 0) is 18.2 Å². The van der Waals surface area contributed by atoms with Crippen LogP contribution in [0.15, 0.2) is 24.4 Å². The summed E-state index contributed by atoms with van der Waals surface area (Å²) in [5, 5.41) is 7.99. The molecule has 1 aromatic carbocycles. The van der Waals surface area contributed by atoms with Crippen molar-refractivity contribution in [1.82, 2.24) is 20.6 Å². The predicted octanol–water partition coefficient (Wildman–Crippen LogP) is 2.48. The molecule has 103 valence electrons. The molecular formula is C14H13Cl2N4. The highest BCUT2D eigenvalue weighted by molar-refractivity contribution is 6.36. The number of aromatic nitrogens is 2. The molecule has 3 rings (SSSR count). The van der Waals surface area contributed by atoms with E-state index in [2.05, 4.69) is 26.9 Å². The highest BCUT2D eigenvalue weighted by Crippen LogP contribution is 2.32. The molecule has 1 saturated heterocycles. The molecule has 1 aliphatic rings. The van der Waals surface area contributed by atoms with Crippen LogP contribution in [0.1, 0.15) is 11.6 Å². The van der Waals surface area contributed by atoms with Crippen molar-refractivity contribution in [3.63, 3.8) is 0 Å². The van der Waals surface area contributed by atoms with E-state index in [0.717, 1.165) is 36.5 Å². The first-order valence-corrected chi connectivity index (χ1v) is 7.14. The molecule has 2 N–H and O–H groups in total. The molecule has 1 radical (unpaired) electrons. The maximum atomic E-state index is 6.28. The van der Waals surface area contributed by atoms with Crippen molar-refractivity contribution in [2.45, 2.75) is 6.04 Å². The Labute approximate surface area is 127 Å². The Morgan fingerprint density at radius 1 is 1.25 bits per heavy atom. The van der Waals surface area contributed by atoms with Crippen LogP contribution in [0.3, 0.4) is 0 Å². The van der Waals surface area contributed by atoms with Gasteiger partial charge in [0.1, 0.15) is 0 Å². The maximum absolute atomic E-state index is 6.28. The first kappa shape index (κ1) is 13.8. The average molecular weight is 308 g/mol. The number of benzene rings is 1. The second-order valence-corrected chi connectivity index (χ2v) is 5.45. The summed E-state index contributed by atoms with van der Waals surface area (Å²) in [4.78, 5) is 8.30. The molecule has 4 nitrogen and oxygen atoms in total. The van der Waals surface area contributed by atoms with Crippen LogP contribution in [0, 0.1) is 6.33 Å². The second-order valence-electron chi connectivity index (χ2n) is 4.61. The molecule has 2 heterocycles. The van der Waals surface area contributed by atoms with Crippen LogP contribution in [0.25, 0.3) is 11.3 Å². The molecule has 0 amide bonds. The zero-order valence-electron chi connectivity index (χ0n) is 10.7. The van der Waals surface area contributed by atoms with Crippen LogP contribution >= 0.6 is 23.2 Å². The van der Waals surface area contributed by atoms with E-state index >= 15 is 0 Å². The van der Waals surface area contributed by atoms with Crippen LogP contribution in [0.2, 0.25) is 10.0 Å². The number of nitrogens with one attached hydrogen (secondary N) is 2. The van der Waals surface area contributed by atoms with Crippen LogP contribution in [0.4, 0.5) is 0 Å². The van der Waals surface area contributed by atoms with Gasteiger partial charge in [-0.15, -0.1) is 0 Å². The molecule has 1 aromatic heterocycles. The van der Waals surface area contributed by atoms with Crippen molar-refractivity contribution in [2.75, 3.05) is 19.6 Å². The zero-order chi connectivity index (χ0) is 13.9. The third-order valence-electron chi connectivity index (χ3n) is 3.30. The predicted molar refractivity (Wildman–Crippen MR) is 79.9 cm³/mol. The standard InChI is InChI=1S/C14H13Cl2N4/c15-9-1-2-10(12(16)5-9)14-11(6-18-8-20-14)13-7-17-3-4-19-13/h1-2,5-6,13,17,19H,3-4,7H2. The lowest BCUT2D eigenvalue weighted by Crippen LogP contribution is -2.42. The van der Waals surface area contributed by atoms with Gasteiger partial charge < -0.3 is 10.6 Å². The van der Waals surface area contributed by atoms with Gasteiger partial charge in [0.2, 0.25) is 0 Å². The van der Waals surface area contributed by atoms with E-state index in [1.165, 1.54) is 0 Å². The molecule has 6 heteroatoms. The molecule has 0 aliphatic carbocycles. The van der Waals surface area contributed by atoms with E-state index in [9.17, 15) is 0 Å². The fraction of sp³-hybridized carbons (Fsp3) is 0.286. The third kappa shape index (κ3) is 2.79. The van der Waals surface area contributed by atoms with Crippen molar-refractivity contribution < 1.29 is 0 Å². The number of rotatable bonds is 2. The maximum Gasteiger partial charge on any atom is 0.198 e. The van der Waals surface area contributed by atoms with Crippen molar-refractivity contribution in [2.24, 2.45) is 0 Å². The first-order chi connectivity index (χ1) is 9.75. The molecule has 0 saturated carbocycles. The van der Waals surface area contributed by atoms with Gasteiger partial charge in [0, 0.05) is 48.0 Å². The number of nitrogens with zero attached hydrogens (tertiary/aromatic N) is 2. The van der Waals surface area contributed by atoms with E-state index in [1.807, 2.05) is 6.07 Å². The summed E-state index contributed by atoms with van der Waals surface area (Å²) in [5.74, 6) is 0. The summed E-state index contributed by atoms with van der Waals surface area (Å²) in [6.07, 6.45) is 4.43. The Bertz CT molecular complexity index is 612. The number of halogens is 2. The summed E-state index contributed by atoms with van der Waals surface area (Å²) >= 11 is 12.2. The van der Waals surface area contributed by atoms with Gasteiger partial charge in [-0.2, -0.15) is 0 Å². The Morgan fingerprint density at radius 2 is 2.15 bits per heavy atom. The quantitative estimate of drug-likeness (QED) is 0.895. The Hall–Kier alpha value is -1.20. The van der Waals surface area contributed by atoms with E-state index in [-0.39, 0.29) is 6.04 Å². The van der Waals surface area contributed by atoms with E-state index in [4.69, 9.17) is 23.2 Å². The fourth-order valence-electron chi connectivity index (χ4n) is 2.33. The minimum absolute atomic E-state index is 0.167. The van der Waals surface area contributed by atoms with Crippen molar-refractivity contribution in [3.05, 3.63) is 46.3 Å². The normalized spacial score (nSPS) is 19.0. The minimum Gasteiger partial charge on any atom is -0.314 e. The molecule has 1 aliphatic heterocycles. The van der Waals surface area contributed by atoms with Gasteiger partial charge in [-0.1, -0.05) is 23.2 Å². The zero-order valence-corrected chi connectivity index (χ0v) is 12.2. The largest absolute Gasteiger partial charge is 0.314 e. The first-order valence-electron chi connectivity index (χ1n) is 6.38. The average Bonchev–Trinajstić information content (AvgIpc) is 2.48. The molecule has 2 aromatic rings. The SMILES string of the molecule is Clc1ccc(-c2n[c]ncc2C2CNCCN2)c(Cl)c1. The lowest BCUT2D eigenvalue weighted by Gasteiger charge is -2.26. The summed E-state index contributed by atoms with van der Waals surface area (Å²) in [5.41, 5.74) is 2.65. The van der Waals surface area contributed by atoms with Crippen molar-refractivity contribution in [3.8, 4) is 11.3 Å². The van der Waals surface area contributed by atoms with Gasteiger partial charge in [-0.25, -0.2) is 9.97 Å². The number of hydrogen-bond acceptors (Lipinski definition) is 4. The summed E-state index contributed by atoms with van der Waals surface area (Å²) in [7, 11) is 0. The van der Waals surface area contributed by atoms with Crippen LogP contribution in [-0.4, -0.2) is 29.6 Å². The summed E-state index contributed by atoms with van der Waals surface area (Å²) in [6.45, 7) is 2.72. The monoisotopic (exact) mass is 307 g/mol. The fourth-order valence-corrected chi connectivity index (χ4v) is 2.83. The highest BCUT2D eigenvalue weighted by Gasteiger charge is 2.20. The van der Waals surface area contributed by atoms with E-state index in [0.29, 0.717) is 10.0 Å². The Balaban J connectivity index is 2.04. The molecule has 1 atom stereocenters. The third-order valence-corrected chi connectivity index (χ3v) is 3.85. The van der Waals surface area contributed by atoms with Gasteiger partial charge in [0.05, 0.1) is 10.7 Å². The van der Waals surface area contributed by atoms with Crippen LogP contribution < -0.4 is 10.6 Å². The van der Waals surface area contributed by atoms with Gasteiger partial charge in [0.25, 0.3) is 0 Å². The topological polar surface area (TPSA) is 49.8 Å². The molecule has 0 bridgehead atoms. The molecular weight excluding hydrogens is 295 g/mol. The van der Waals surface area contributed by atoms with Crippen molar-refractivity contribution >= 4 is 23.2 Å². The molecule has 1 unspecified atom stereocenters.